The van der Waals surface area contributed by atoms with E-state index in [2.05, 4.69) is 15.3 Å². The molecule has 0 radical (unpaired) electrons. The quantitative estimate of drug-likeness (QED) is 0.255. The molecule has 0 spiro atoms. The van der Waals surface area contributed by atoms with E-state index < -0.39 is 24.3 Å². The molecule has 3 atom stereocenters. The Bertz CT molecular complexity index is 1230. The van der Waals surface area contributed by atoms with E-state index in [4.69, 9.17) is 10.5 Å². The van der Waals surface area contributed by atoms with E-state index in [1.807, 2.05) is 48.5 Å². The highest BCUT2D eigenvalue weighted by molar-refractivity contribution is 7.99. The highest BCUT2D eigenvalue weighted by Crippen LogP contribution is 2.29. The molecular weight excluding hydrogens is 538 g/mol. The van der Waals surface area contributed by atoms with Gasteiger partial charge in [0.05, 0.1) is 35.5 Å². The van der Waals surface area contributed by atoms with Crippen molar-refractivity contribution in [2.24, 2.45) is 11.7 Å². The number of imidazole rings is 1. The number of nitrogens with two attached hydrogens (primary N) is 1. The summed E-state index contributed by atoms with van der Waals surface area (Å²) in [5.74, 6) is 1.01. The number of hydrogen-bond acceptors (Lipinski definition) is 8. The molecule has 4 N–H and O–H groups in total. The molecule has 2 aromatic heterocycles. The van der Waals surface area contributed by atoms with Crippen molar-refractivity contribution < 1.29 is 19.4 Å². The first-order valence-electron chi connectivity index (χ1n) is 14.5. The summed E-state index contributed by atoms with van der Waals surface area (Å²) in [5, 5.41) is 15.0. The lowest BCUT2D eigenvalue weighted by Gasteiger charge is -2.30. The largest absolute Gasteiger partial charge is 0.449 e. The highest BCUT2D eigenvalue weighted by atomic mass is 32.2. The van der Waals surface area contributed by atoms with E-state index >= 15 is 0 Å². The van der Waals surface area contributed by atoms with Crippen LogP contribution in [0.1, 0.15) is 62.5 Å². The zero-order valence-electron chi connectivity index (χ0n) is 23.7. The fraction of sp³-hybridized carbons (Fsp3) is 0.484. The van der Waals surface area contributed by atoms with Crippen LogP contribution in [0.3, 0.4) is 0 Å². The van der Waals surface area contributed by atoms with E-state index in [0.29, 0.717) is 36.0 Å². The van der Waals surface area contributed by atoms with Crippen LogP contribution in [0, 0.1) is 5.92 Å². The van der Waals surface area contributed by atoms with E-state index in [0.717, 1.165) is 23.4 Å². The molecule has 1 fully saturated rings. The van der Waals surface area contributed by atoms with Gasteiger partial charge >= 0.3 is 6.09 Å². The molecule has 0 saturated heterocycles. The minimum atomic E-state index is -0.936. The zero-order valence-corrected chi connectivity index (χ0v) is 24.5. The van der Waals surface area contributed by atoms with Gasteiger partial charge in [-0.1, -0.05) is 68.5 Å². The summed E-state index contributed by atoms with van der Waals surface area (Å²) < 4.78 is 6.71. The van der Waals surface area contributed by atoms with E-state index in [9.17, 15) is 14.7 Å². The normalized spacial score (nSPS) is 16.1. The van der Waals surface area contributed by atoms with Crippen molar-refractivity contribution in [1.82, 2.24) is 19.9 Å². The third kappa shape index (κ3) is 9.14. The van der Waals surface area contributed by atoms with Gasteiger partial charge in [0, 0.05) is 31.0 Å². The Labute approximate surface area is 246 Å². The van der Waals surface area contributed by atoms with Gasteiger partial charge in [0.15, 0.2) is 0 Å². The van der Waals surface area contributed by atoms with Crippen LogP contribution in [-0.2, 0) is 22.4 Å². The van der Waals surface area contributed by atoms with Crippen molar-refractivity contribution in [3.8, 4) is 0 Å². The van der Waals surface area contributed by atoms with Gasteiger partial charge in [0.25, 0.3) is 0 Å². The number of ether oxygens (including phenoxy) is 1. The molecule has 1 saturated carbocycles. The summed E-state index contributed by atoms with van der Waals surface area (Å²) in [5.41, 5.74) is 7.91. The summed E-state index contributed by atoms with van der Waals surface area (Å²) in [7, 11) is 0. The molecule has 3 aromatic rings. The summed E-state index contributed by atoms with van der Waals surface area (Å²) in [6, 6.07) is 14.0. The molecule has 0 aliphatic heterocycles. The Morgan fingerprint density at radius 1 is 1.12 bits per heavy atom. The van der Waals surface area contributed by atoms with Crippen molar-refractivity contribution in [2.45, 2.75) is 81.5 Å². The minimum absolute atomic E-state index is 0.0986. The van der Waals surface area contributed by atoms with Crippen molar-refractivity contribution in [3.05, 3.63) is 78.0 Å². The third-order valence-electron chi connectivity index (χ3n) is 7.47. The molecule has 4 rings (SSSR count). The first-order valence-corrected chi connectivity index (χ1v) is 15.5. The van der Waals surface area contributed by atoms with Crippen molar-refractivity contribution >= 4 is 23.8 Å². The number of nitrogens with zero attached hydrogens (tertiary/aromatic N) is 3. The molecular formula is C31H41N5O4S. The lowest BCUT2D eigenvalue weighted by Crippen LogP contribution is -2.52. The third-order valence-corrected chi connectivity index (χ3v) is 8.52. The zero-order chi connectivity index (χ0) is 29.0. The van der Waals surface area contributed by atoms with Crippen LogP contribution < -0.4 is 11.1 Å². The number of nitrogens with one attached hydrogen (secondary N) is 1. The van der Waals surface area contributed by atoms with Gasteiger partial charge in [-0.3, -0.25) is 4.79 Å². The average Bonchev–Trinajstić information content (AvgIpc) is 3.38. The number of aromatic nitrogens is 3. The summed E-state index contributed by atoms with van der Waals surface area (Å²) in [6.07, 6.45) is 9.01. The SMILES string of the molecule is CCOC(=O)n1c(C[C@H](N)C(=O)N[C@@H](CC2CCCCC2)[C@H](O)CSc2ccccn2)cnc1Cc1ccccc1. The number of benzene rings is 1. The number of hydrogen-bond donors (Lipinski definition) is 3. The van der Waals surface area contributed by atoms with Crippen molar-refractivity contribution in [1.29, 1.82) is 0 Å². The minimum Gasteiger partial charge on any atom is -0.449 e. The van der Waals surface area contributed by atoms with Crippen LogP contribution in [-0.4, -0.2) is 62.2 Å². The molecule has 1 amide bonds. The Morgan fingerprint density at radius 3 is 2.59 bits per heavy atom. The molecule has 9 nitrogen and oxygen atoms in total. The monoisotopic (exact) mass is 579 g/mol. The molecule has 41 heavy (non-hydrogen) atoms. The van der Waals surface area contributed by atoms with E-state index in [1.54, 1.807) is 19.3 Å². The average molecular weight is 580 g/mol. The first kappa shape index (κ1) is 30.7. The van der Waals surface area contributed by atoms with Gasteiger partial charge in [0.2, 0.25) is 5.91 Å². The number of thioether (sulfide) groups is 1. The second-order valence-electron chi connectivity index (χ2n) is 10.6. The van der Waals surface area contributed by atoms with Gasteiger partial charge in [0.1, 0.15) is 5.82 Å². The van der Waals surface area contributed by atoms with Crippen LogP contribution in [0.2, 0.25) is 0 Å². The fourth-order valence-electron chi connectivity index (χ4n) is 5.31. The fourth-order valence-corrected chi connectivity index (χ4v) is 6.19. The highest BCUT2D eigenvalue weighted by Gasteiger charge is 2.29. The Morgan fingerprint density at radius 2 is 1.88 bits per heavy atom. The smallest absolute Gasteiger partial charge is 0.419 e. The second kappa shape index (κ2) is 15.7. The Hall–Kier alpha value is -3.21. The van der Waals surface area contributed by atoms with Gasteiger partial charge in [-0.15, -0.1) is 11.8 Å². The number of aliphatic hydroxyl groups excluding tert-OH is 1. The number of carbonyl (C=O) groups excluding carboxylic acids is 2. The summed E-state index contributed by atoms with van der Waals surface area (Å²) in [4.78, 5) is 35.1. The predicted molar refractivity (Wildman–Crippen MR) is 160 cm³/mol. The molecule has 1 aliphatic rings. The first-order chi connectivity index (χ1) is 19.9. The molecule has 220 valence electrons. The van der Waals surface area contributed by atoms with Gasteiger partial charge in [-0.05, 0) is 37.0 Å². The number of pyridine rings is 1. The lowest BCUT2D eigenvalue weighted by molar-refractivity contribution is -0.124. The van der Waals surface area contributed by atoms with Crippen molar-refractivity contribution in [2.75, 3.05) is 12.4 Å². The number of rotatable bonds is 13. The van der Waals surface area contributed by atoms with Crippen LogP contribution in [0.25, 0.3) is 0 Å². The van der Waals surface area contributed by atoms with E-state index in [1.165, 1.54) is 35.6 Å². The number of amides is 1. The molecule has 0 bridgehead atoms. The molecule has 10 heteroatoms. The number of aliphatic hydroxyl groups is 1. The molecule has 0 unspecified atom stereocenters. The van der Waals surface area contributed by atoms with E-state index in [-0.39, 0.29) is 18.9 Å². The molecule has 1 aliphatic carbocycles. The second-order valence-corrected chi connectivity index (χ2v) is 11.6. The topological polar surface area (TPSA) is 132 Å². The van der Waals surface area contributed by atoms with Crippen molar-refractivity contribution in [3.63, 3.8) is 0 Å². The lowest BCUT2D eigenvalue weighted by atomic mass is 9.84. The molecule has 2 heterocycles. The van der Waals surface area contributed by atoms with Crippen LogP contribution in [0.15, 0.2) is 66.0 Å². The van der Waals surface area contributed by atoms with Gasteiger partial charge in [-0.25, -0.2) is 19.3 Å². The summed E-state index contributed by atoms with van der Waals surface area (Å²) in [6.45, 7) is 1.96. The van der Waals surface area contributed by atoms with Gasteiger partial charge in [-0.2, -0.15) is 0 Å². The summed E-state index contributed by atoms with van der Waals surface area (Å²) >= 11 is 1.46. The van der Waals surface area contributed by atoms with Crippen LogP contribution in [0.5, 0.6) is 0 Å². The number of carbonyl (C=O) groups is 2. The maximum atomic E-state index is 13.4. The standard InChI is InChI=1S/C31H41N5O4S/c1-2-40-31(39)36-24(20-34-28(36)18-23-13-7-4-8-14-23)19-25(32)30(38)35-26(17-22-11-5-3-6-12-22)27(37)21-41-29-15-9-10-16-33-29/h4,7-10,13-16,20,22,25-27,37H,2-3,5-6,11-12,17-19,21,32H2,1H3,(H,35,38)/t25-,26-,27+/m0/s1. The maximum absolute atomic E-state index is 13.4. The Balaban J connectivity index is 1.45. The maximum Gasteiger partial charge on any atom is 0.419 e. The van der Waals surface area contributed by atoms with Gasteiger partial charge < -0.3 is 20.9 Å². The predicted octanol–water partition coefficient (Wildman–Crippen LogP) is 4.35. The molecule has 1 aromatic carbocycles. The van der Waals surface area contributed by atoms with Crippen LogP contribution in [0.4, 0.5) is 4.79 Å². The Kier molecular flexibility index (Phi) is 11.8. The van der Waals surface area contributed by atoms with Crippen LogP contribution >= 0.6 is 11.8 Å².